The summed E-state index contributed by atoms with van der Waals surface area (Å²) >= 11 is 0. The Morgan fingerprint density at radius 3 is 1.50 bits per heavy atom. The summed E-state index contributed by atoms with van der Waals surface area (Å²) in [4.78, 5) is 23.0. The van der Waals surface area contributed by atoms with Crippen molar-refractivity contribution in [3.63, 3.8) is 0 Å². The molecule has 0 aliphatic rings. The Labute approximate surface area is 132 Å². The van der Waals surface area contributed by atoms with Crippen LogP contribution >= 0.6 is 0 Å². The van der Waals surface area contributed by atoms with Gasteiger partial charge < -0.3 is 9.47 Å². The van der Waals surface area contributed by atoms with Gasteiger partial charge >= 0.3 is 11.9 Å². The SMILES string of the molecule is C#CC(C)C(=C)OC(=O)CCCCC(=O)OC(=C)C(C)C#C. The zero-order valence-electron chi connectivity index (χ0n) is 13.2. The van der Waals surface area contributed by atoms with Crippen LogP contribution in [0.2, 0.25) is 0 Å². The van der Waals surface area contributed by atoms with E-state index in [0.29, 0.717) is 12.8 Å². The van der Waals surface area contributed by atoms with Gasteiger partial charge in [-0.3, -0.25) is 9.59 Å². The third-order valence-electron chi connectivity index (χ3n) is 2.97. The lowest BCUT2D eigenvalue weighted by Gasteiger charge is -2.10. The molecule has 0 aliphatic heterocycles. The predicted octanol–water partition coefficient (Wildman–Crippen LogP) is 3.20. The smallest absolute Gasteiger partial charge is 0.310 e. The van der Waals surface area contributed by atoms with Gasteiger partial charge in [-0.1, -0.05) is 25.0 Å². The summed E-state index contributed by atoms with van der Waals surface area (Å²) in [6.07, 6.45) is 11.8. The number of terminal acetylenes is 2. The molecule has 0 saturated heterocycles. The zero-order chi connectivity index (χ0) is 17.1. The van der Waals surface area contributed by atoms with Gasteiger partial charge in [0.05, 0.1) is 11.8 Å². The van der Waals surface area contributed by atoms with Gasteiger partial charge in [-0.25, -0.2) is 0 Å². The molecule has 0 spiro atoms. The van der Waals surface area contributed by atoms with Crippen LogP contribution in [0.3, 0.4) is 0 Å². The Morgan fingerprint density at radius 1 is 0.909 bits per heavy atom. The number of unbranched alkanes of at least 4 members (excludes halogenated alkanes) is 1. The van der Waals surface area contributed by atoms with Gasteiger partial charge in [0.15, 0.2) is 0 Å². The summed E-state index contributed by atoms with van der Waals surface area (Å²) in [7, 11) is 0. The molecule has 4 nitrogen and oxygen atoms in total. The number of hydrogen-bond acceptors (Lipinski definition) is 4. The Kier molecular flexibility index (Phi) is 9.14. The molecule has 0 saturated carbocycles. The number of carbonyl (C=O) groups excluding carboxylic acids is 2. The van der Waals surface area contributed by atoms with Crippen LogP contribution < -0.4 is 0 Å². The topological polar surface area (TPSA) is 52.6 Å². The van der Waals surface area contributed by atoms with Gasteiger partial charge in [-0.05, 0) is 26.7 Å². The molecule has 0 aliphatic carbocycles. The minimum absolute atomic E-state index is 0.186. The third-order valence-corrected chi connectivity index (χ3v) is 2.97. The first-order valence-corrected chi connectivity index (χ1v) is 7.03. The van der Waals surface area contributed by atoms with Crippen molar-refractivity contribution in [3.05, 3.63) is 24.7 Å². The molecule has 2 atom stereocenters. The van der Waals surface area contributed by atoms with Gasteiger partial charge in [0, 0.05) is 12.8 Å². The number of esters is 2. The highest BCUT2D eigenvalue weighted by Crippen LogP contribution is 2.13. The summed E-state index contributed by atoms with van der Waals surface area (Å²) in [5, 5.41) is 0. The van der Waals surface area contributed by atoms with Gasteiger partial charge in [-0.2, -0.15) is 0 Å². The normalized spacial score (nSPS) is 12.2. The zero-order valence-corrected chi connectivity index (χ0v) is 13.2. The molecule has 118 valence electrons. The molecule has 0 N–H and O–H groups in total. The molecular weight excluding hydrogens is 280 g/mol. The summed E-state index contributed by atoms with van der Waals surface area (Å²) < 4.78 is 9.98. The van der Waals surface area contributed by atoms with Crippen LogP contribution in [0.15, 0.2) is 24.7 Å². The molecule has 2 unspecified atom stereocenters. The molecule has 0 bridgehead atoms. The highest BCUT2D eigenvalue weighted by atomic mass is 16.5. The Hall–Kier alpha value is -2.46. The third kappa shape index (κ3) is 7.97. The second-order valence-electron chi connectivity index (χ2n) is 4.86. The van der Waals surface area contributed by atoms with E-state index < -0.39 is 11.9 Å². The minimum atomic E-state index is -0.411. The highest BCUT2D eigenvalue weighted by molar-refractivity contribution is 5.72. The van der Waals surface area contributed by atoms with E-state index in [9.17, 15) is 9.59 Å². The van der Waals surface area contributed by atoms with Crippen LogP contribution in [-0.2, 0) is 19.1 Å². The van der Waals surface area contributed by atoms with Crippen LogP contribution in [0, 0.1) is 36.5 Å². The van der Waals surface area contributed by atoms with Crippen molar-refractivity contribution in [2.45, 2.75) is 39.5 Å². The van der Waals surface area contributed by atoms with Gasteiger partial charge in [0.2, 0.25) is 0 Å². The number of rotatable bonds is 9. The molecule has 0 aromatic heterocycles. The molecule has 0 rings (SSSR count). The maximum atomic E-state index is 11.5. The monoisotopic (exact) mass is 302 g/mol. The van der Waals surface area contributed by atoms with E-state index in [2.05, 4.69) is 25.0 Å². The number of carbonyl (C=O) groups is 2. The Morgan fingerprint density at radius 2 is 1.23 bits per heavy atom. The van der Waals surface area contributed by atoms with Crippen molar-refractivity contribution < 1.29 is 19.1 Å². The highest BCUT2D eigenvalue weighted by Gasteiger charge is 2.12. The van der Waals surface area contributed by atoms with E-state index in [1.54, 1.807) is 13.8 Å². The maximum absolute atomic E-state index is 11.5. The average molecular weight is 302 g/mol. The second-order valence-corrected chi connectivity index (χ2v) is 4.86. The van der Waals surface area contributed by atoms with Crippen LogP contribution in [0.4, 0.5) is 0 Å². The molecule has 22 heavy (non-hydrogen) atoms. The lowest BCUT2D eigenvalue weighted by atomic mass is 10.1. The standard InChI is InChI=1S/C18H22O4/c1-7-13(3)15(5)21-17(19)11-9-10-12-18(20)22-16(6)14(4)8-2/h1-2,13-14H,5-6,9-12H2,3-4H3. The van der Waals surface area contributed by atoms with Crippen molar-refractivity contribution >= 4 is 11.9 Å². The summed E-state index contributed by atoms with van der Waals surface area (Å²) in [6, 6.07) is 0. The summed E-state index contributed by atoms with van der Waals surface area (Å²) in [5.41, 5.74) is 0. The van der Waals surface area contributed by atoms with E-state index in [1.165, 1.54) is 0 Å². The number of ether oxygens (including phenoxy) is 2. The van der Waals surface area contributed by atoms with Crippen LogP contribution in [0.5, 0.6) is 0 Å². The van der Waals surface area contributed by atoms with Crippen molar-refractivity contribution in [1.82, 2.24) is 0 Å². The van der Waals surface area contributed by atoms with Crippen molar-refractivity contribution in [1.29, 1.82) is 0 Å². The fraction of sp³-hybridized carbons (Fsp3) is 0.444. The molecule has 4 heteroatoms. The first kappa shape index (κ1) is 19.5. The van der Waals surface area contributed by atoms with Crippen molar-refractivity contribution in [3.8, 4) is 24.7 Å². The molecular formula is C18H22O4. The summed E-state index contributed by atoms with van der Waals surface area (Å²) in [5.74, 6) is 3.90. The predicted molar refractivity (Wildman–Crippen MR) is 84.9 cm³/mol. The maximum Gasteiger partial charge on any atom is 0.310 e. The average Bonchev–Trinajstić information content (AvgIpc) is 2.49. The molecule has 0 radical (unpaired) electrons. The minimum Gasteiger partial charge on any atom is -0.430 e. The van der Waals surface area contributed by atoms with E-state index in [-0.39, 0.29) is 36.2 Å². The van der Waals surface area contributed by atoms with Gasteiger partial charge in [-0.15, -0.1) is 12.8 Å². The van der Waals surface area contributed by atoms with Crippen LogP contribution in [0.1, 0.15) is 39.5 Å². The Bertz CT molecular complexity index is 468. The van der Waals surface area contributed by atoms with E-state index in [4.69, 9.17) is 22.3 Å². The van der Waals surface area contributed by atoms with Gasteiger partial charge in [0.1, 0.15) is 11.5 Å². The fourth-order valence-corrected chi connectivity index (χ4v) is 1.30. The van der Waals surface area contributed by atoms with Gasteiger partial charge in [0.25, 0.3) is 0 Å². The fourth-order valence-electron chi connectivity index (χ4n) is 1.30. The lowest BCUT2D eigenvalue weighted by molar-refractivity contribution is -0.142. The molecule has 0 heterocycles. The summed E-state index contributed by atoms with van der Waals surface area (Å²) in [6.45, 7) is 10.6. The first-order chi connectivity index (χ1) is 10.3. The van der Waals surface area contributed by atoms with E-state index in [0.717, 1.165) is 0 Å². The molecule has 0 aromatic rings. The van der Waals surface area contributed by atoms with Crippen LogP contribution in [0.25, 0.3) is 0 Å². The first-order valence-electron chi connectivity index (χ1n) is 7.03. The second kappa shape index (κ2) is 10.3. The molecule has 0 amide bonds. The largest absolute Gasteiger partial charge is 0.430 e. The van der Waals surface area contributed by atoms with Crippen molar-refractivity contribution in [2.75, 3.05) is 0 Å². The van der Waals surface area contributed by atoms with E-state index >= 15 is 0 Å². The number of allylic oxidation sites excluding steroid dienone is 2. The Balaban J connectivity index is 3.90. The molecule has 0 fully saturated rings. The lowest BCUT2D eigenvalue weighted by Crippen LogP contribution is -2.10. The quantitative estimate of drug-likeness (QED) is 0.284. The number of hydrogen-bond donors (Lipinski definition) is 0. The molecule has 0 aromatic carbocycles. The van der Waals surface area contributed by atoms with Crippen LogP contribution in [-0.4, -0.2) is 11.9 Å². The van der Waals surface area contributed by atoms with E-state index in [1.807, 2.05) is 0 Å². The van der Waals surface area contributed by atoms with Crippen molar-refractivity contribution in [2.24, 2.45) is 11.8 Å².